The second-order valence-corrected chi connectivity index (χ2v) is 2.65. The maximum Gasteiger partial charge on any atom is 0.334 e. The Hall–Kier alpha value is -0.830. The average Bonchev–Trinajstić information content (AvgIpc) is 2.04. The van der Waals surface area contributed by atoms with E-state index in [9.17, 15) is 4.79 Å². The number of esters is 1. The Morgan fingerprint density at radius 1 is 1.58 bits per heavy atom. The molecular formula is C9H17NO2. The summed E-state index contributed by atoms with van der Waals surface area (Å²) in [5.41, 5.74) is 6.06. The molecule has 0 fully saturated rings. The molecular weight excluding hydrogens is 154 g/mol. The molecule has 70 valence electrons. The zero-order valence-electron chi connectivity index (χ0n) is 7.96. The Morgan fingerprint density at radius 2 is 2.17 bits per heavy atom. The fourth-order valence-corrected chi connectivity index (χ4v) is 0.703. The highest BCUT2D eigenvalue weighted by molar-refractivity contribution is 5.87. The quantitative estimate of drug-likeness (QED) is 0.397. The highest BCUT2D eigenvalue weighted by atomic mass is 16.6. The zero-order valence-corrected chi connectivity index (χ0v) is 7.96. The van der Waals surface area contributed by atoms with Crippen molar-refractivity contribution < 1.29 is 9.53 Å². The second kappa shape index (κ2) is 5.77. The number of hydrogen-bond acceptors (Lipinski definition) is 3. The molecule has 0 rings (SSSR count). The van der Waals surface area contributed by atoms with Crippen molar-refractivity contribution in [2.45, 2.75) is 39.8 Å². The molecule has 0 amide bonds. The van der Waals surface area contributed by atoms with Gasteiger partial charge in [-0.3, -0.25) is 5.73 Å². The molecule has 0 aliphatic heterocycles. The SMILES string of the molecule is CC/C=C(\C)C(=O)OC(N)CC. The van der Waals surface area contributed by atoms with Crippen molar-refractivity contribution in [1.29, 1.82) is 0 Å². The molecule has 0 aliphatic carbocycles. The molecule has 2 N–H and O–H groups in total. The van der Waals surface area contributed by atoms with Crippen molar-refractivity contribution in [3.05, 3.63) is 11.6 Å². The van der Waals surface area contributed by atoms with Crippen molar-refractivity contribution >= 4 is 5.97 Å². The normalized spacial score (nSPS) is 14.2. The van der Waals surface area contributed by atoms with Crippen LogP contribution in [0.15, 0.2) is 11.6 Å². The molecule has 0 spiro atoms. The Balaban J connectivity index is 3.95. The van der Waals surface area contributed by atoms with E-state index in [0.29, 0.717) is 12.0 Å². The van der Waals surface area contributed by atoms with Gasteiger partial charge in [0.05, 0.1) is 0 Å². The summed E-state index contributed by atoms with van der Waals surface area (Å²) in [5, 5.41) is 0. The zero-order chi connectivity index (χ0) is 9.56. The van der Waals surface area contributed by atoms with Crippen LogP contribution < -0.4 is 5.73 Å². The van der Waals surface area contributed by atoms with Crippen LogP contribution in [0.4, 0.5) is 0 Å². The molecule has 0 aromatic carbocycles. The third-order valence-corrected chi connectivity index (χ3v) is 1.49. The third kappa shape index (κ3) is 4.13. The van der Waals surface area contributed by atoms with Crippen LogP contribution in [0.2, 0.25) is 0 Å². The lowest BCUT2D eigenvalue weighted by Gasteiger charge is -2.10. The van der Waals surface area contributed by atoms with Gasteiger partial charge in [-0.1, -0.05) is 19.9 Å². The van der Waals surface area contributed by atoms with E-state index < -0.39 is 6.23 Å². The number of ether oxygens (including phenoxy) is 1. The first-order valence-electron chi connectivity index (χ1n) is 4.25. The van der Waals surface area contributed by atoms with Gasteiger partial charge in [0.1, 0.15) is 0 Å². The smallest absolute Gasteiger partial charge is 0.334 e. The molecule has 3 heteroatoms. The van der Waals surface area contributed by atoms with Crippen LogP contribution in [-0.4, -0.2) is 12.2 Å². The maximum absolute atomic E-state index is 11.1. The minimum Gasteiger partial charge on any atom is -0.443 e. The Morgan fingerprint density at radius 3 is 2.58 bits per heavy atom. The number of hydrogen-bond donors (Lipinski definition) is 1. The number of carbonyl (C=O) groups is 1. The van der Waals surface area contributed by atoms with Crippen molar-refractivity contribution in [2.24, 2.45) is 5.73 Å². The summed E-state index contributed by atoms with van der Waals surface area (Å²) >= 11 is 0. The van der Waals surface area contributed by atoms with Gasteiger partial charge in [-0.05, 0) is 19.8 Å². The molecule has 3 nitrogen and oxygen atoms in total. The van der Waals surface area contributed by atoms with Crippen LogP contribution >= 0.6 is 0 Å². The van der Waals surface area contributed by atoms with Gasteiger partial charge in [-0.15, -0.1) is 0 Å². The molecule has 0 saturated carbocycles. The number of rotatable bonds is 4. The summed E-state index contributed by atoms with van der Waals surface area (Å²) in [5.74, 6) is -0.314. The van der Waals surface area contributed by atoms with E-state index in [-0.39, 0.29) is 5.97 Å². The summed E-state index contributed by atoms with van der Waals surface area (Å²) in [6.45, 7) is 5.57. The van der Waals surface area contributed by atoms with Gasteiger partial charge in [0.2, 0.25) is 0 Å². The maximum atomic E-state index is 11.1. The van der Waals surface area contributed by atoms with E-state index in [1.165, 1.54) is 0 Å². The van der Waals surface area contributed by atoms with E-state index in [4.69, 9.17) is 10.5 Å². The van der Waals surface area contributed by atoms with Crippen molar-refractivity contribution in [3.8, 4) is 0 Å². The monoisotopic (exact) mass is 171 g/mol. The average molecular weight is 171 g/mol. The van der Waals surface area contributed by atoms with Gasteiger partial charge in [-0.25, -0.2) is 4.79 Å². The highest BCUT2D eigenvalue weighted by Crippen LogP contribution is 2.01. The lowest BCUT2D eigenvalue weighted by atomic mass is 10.2. The van der Waals surface area contributed by atoms with Gasteiger partial charge >= 0.3 is 5.97 Å². The lowest BCUT2D eigenvalue weighted by Crippen LogP contribution is -2.26. The number of allylic oxidation sites excluding steroid dienone is 1. The van der Waals surface area contributed by atoms with Crippen LogP contribution in [0.5, 0.6) is 0 Å². The fraction of sp³-hybridized carbons (Fsp3) is 0.667. The summed E-state index contributed by atoms with van der Waals surface area (Å²) in [7, 11) is 0. The van der Waals surface area contributed by atoms with Crippen molar-refractivity contribution in [3.63, 3.8) is 0 Å². The van der Waals surface area contributed by atoms with Crippen LogP contribution in [0.3, 0.4) is 0 Å². The van der Waals surface area contributed by atoms with Crippen LogP contribution in [0.25, 0.3) is 0 Å². The first kappa shape index (κ1) is 11.2. The van der Waals surface area contributed by atoms with Gasteiger partial charge in [-0.2, -0.15) is 0 Å². The topological polar surface area (TPSA) is 52.3 Å². The molecule has 0 heterocycles. The lowest BCUT2D eigenvalue weighted by molar-refractivity contribution is -0.144. The van der Waals surface area contributed by atoms with Gasteiger partial charge in [0.25, 0.3) is 0 Å². The Bertz CT molecular complexity index is 175. The van der Waals surface area contributed by atoms with Crippen molar-refractivity contribution in [2.75, 3.05) is 0 Å². The molecule has 0 aromatic rings. The Labute approximate surface area is 73.6 Å². The molecule has 1 atom stereocenters. The standard InChI is InChI=1S/C9H17NO2/c1-4-6-7(3)9(11)12-8(10)5-2/h6,8H,4-5,10H2,1-3H3/b7-6+. The predicted octanol–water partition coefficient (Wildman–Crippen LogP) is 1.58. The van der Waals surface area contributed by atoms with Gasteiger partial charge < -0.3 is 4.74 Å². The molecule has 0 bridgehead atoms. The summed E-state index contributed by atoms with van der Waals surface area (Å²) in [6.07, 6.45) is 2.83. The summed E-state index contributed by atoms with van der Waals surface area (Å²) in [6, 6.07) is 0. The Kier molecular flexibility index (Phi) is 5.37. The summed E-state index contributed by atoms with van der Waals surface area (Å²) in [4.78, 5) is 11.1. The van der Waals surface area contributed by atoms with Crippen LogP contribution in [0, 0.1) is 0 Å². The first-order chi connectivity index (χ1) is 5.61. The number of nitrogens with two attached hydrogens (primary N) is 1. The van der Waals surface area contributed by atoms with E-state index in [1.54, 1.807) is 6.92 Å². The van der Waals surface area contributed by atoms with Gasteiger partial charge in [0.15, 0.2) is 6.23 Å². The first-order valence-corrected chi connectivity index (χ1v) is 4.25. The van der Waals surface area contributed by atoms with E-state index in [1.807, 2.05) is 19.9 Å². The predicted molar refractivity (Wildman–Crippen MR) is 48.4 cm³/mol. The minimum absolute atomic E-state index is 0.314. The van der Waals surface area contributed by atoms with E-state index in [2.05, 4.69) is 0 Å². The number of carbonyl (C=O) groups excluding carboxylic acids is 1. The molecule has 1 unspecified atom stereocenters. The van der Waals surface area contributed by atoms with Crippen LogP contribution in [-0.2, 0) is 9.53 Å². The largest absolute Gasteiger partial charge is 0.443 e. The molecule has 0 aromatic heterocycles. The second-order valence-electron chi connectivity index (χ2n) is 2.65. The summed E-state index contributed by atoms with van der Waals surface area (Å²) < 4.78 is 4.88. The van der Waals surface area contributed by atoms with Gasteiger partial charge in [0, 0.05) is 5.57 Å². The molecule has 0 saturated heterocycles. The molecule has 0 aliphatic rings. The van der Waals surface area contributed by atoms with Crippen LogP contribution in [0.1, 0.15) is 33.6 Å². The highest BCUT2D eigenvalue weighted by Gasteiger charge is 2.08. The van der Waals surface area contributed by atoms with E-state index >= 15 is 0 Å². The minimum atomic E-state index is -0.474. The third-order valence-electron chi connectivity index (χ3n) is 1.49. The molecule has 12 heavy (non-hydrogen) atoms. The fourth-order valence-electron chi connectivity index (χ4n) is 0.703. The molecule has 0 radical (unpaired) electrons. The van der Waals surface area contributed by atoms with Crippen molar-refractivity contribution in [1.82, 2.24) is 0 Å². The van der Waals surface area contributed by atoms with E-state index in [0.717, 1.165) is 6.42 Å².